The van der Waals surface area contributed by atoms with Gasteiger partial charge in [0.25, 0.3) is 0 Å². The first-order chi connectivity index (χ1) is 14.0. The van der Waals surface area contributed by atoms with E-state index >= 15 is 0 Å². The summed E-state index contributed by atoms with van der Waals surface area (Å²) in [5.74, 6) is -0.947. The maximum atomic E-state index is 13.2. The van der Waals surface area contributed by atoms with Crippen molar-refractivity contribution in [2.45, 2.75) is 77.0 Å². The molecule has 30 heavy (non-hydrogen) atoms. The van der Waals surface area contributed by atoms with Crippen LogP contribution in [0.25, 0.3) is 0 Å². The zero-order valence-corrected chi connectivity index (χ0v) is 18.2. The van der Waals surface area contributed by atoms with E-state index in [4.69, 9.17) is 9.47 Å². The topological polar surface area (TPSA) is 93.1 Å². The summed E-state index contributed by atoms with van der Waals surface area (Å²) in [4.78, 5) is 25.1. The SMILES string of the molecule is C[C@]12C=CC(=O)C=C1CC[C@@H]1C2[C@@H](O)C[C@@]2(C)C1C[C@H]1O[13C]([13CH3])([13CH3])O[C@]12C(=O)CO. The molecule has 0 aromatic carbocycles. The Bertz CT molecular complexity index is 873. The first-order valence-electron chi connectivity index (χ1n) is 11.1. The normalized spacial score (nSPS) is 50.9. The minimum absolute atomic E-state index is 0.0167. The van der Waals surface area contributed by atoms with Crippen molar-refractivity contribution >= 4 is 11.6 Å². The van der Waals surface area contributed by atoms with Crippen LogP contribution in [0.4, 0.5) is 0 Å². The van der Waals surface area contributed by atoms with Crippen LogP contribution in [0.1, 0.15) is 53.4 Å². The Hall–Kier alpha value is -1.34. The first-order valence-corrected chi connectivity index (χ1v) is 11.1. The van der Waals surface area contributed by atoms with Gasteiger partial charge in [-0.2, -0.15) is 0 Å². The summed E-state index contributed by atoms with van der Waals surface area (Å²) in [6.07, 6.45) is 7.04. The number of aliphatic hydroxyl groups is 2. The third-order valence-corrected chi connectivity index (χ3v) is 9.05. The summed E-state index contributed by atoms with van der Waals surface area (Å²) in [5.41, 5.74) is -1.12. The molecule has 2 N–H and O–H groups in total. The molecule has 5 rings (SSSR count). The van der Waals surface area contributed by atoms with Crippen LogP contribution in [0.3, 0.4) is 0 Å². The number of ketones is 2. The van der Waals surface area contributed by atoms with Gasteiger partial charge in [-0.1, -0.05) is 25.5 Å². The Morgan fingerprint density at radius 1 is 1.27 bits per heavy atom. The lowest BCUT2D eigenvalue weighted by atomic mass is 9.46. The van der Waals surface area contributed by atoms with E-state index in [1.54, 1.807) is 26.0 Å². The molecule has 0 bridgehead atoms. The van der Waals surface area contributed by atoms with E-state index < -0.39 is 35.6 Å². The zero-order chi connectivity index (χ0) is 21.7. The number of ether oxygens (including phenoxy) is 2. The molecule has 164 valence electrons. The molecule has 6 nitrogen and oxygen atoms in total. The summed E-state index contributed by atoms with van der Waals surface area (Å²) >= 11 is 0. The average molecular weight is 419 g/mol. The van der Waals surface area contributed by atoms with Crippen LogP contribution in [0.15, 0.2) is 23.8 Å². The molecular formula is C24H32O6. The molecule has 1 saturated heterocycles. The van der Waals surface area contributed by atoms with Crippen LogP contribution in [0.5, 0.6) is 0 Å². The Morgan fingerprint density at radius 3 is 2.70 bits per heavy atom. The number of hydrogen-bond acceptors (Lipinski definition) is 6. The van der Waals surface area contributed by atoms with E-state index in [0.717, 1.165) is 18.4 Å². The summed E-state index contributed by atoms with van der Waals surface area (Å²) < 4.78 is 12.6. The van der Waals surface area contributed by atoms with Crippen molar-refractivity contribution in [1.29, 1.82) is 0 Å². The van der Waals surface area contributed by atoms with Crippen LogP contribution >= 0.6 is 0 Å². The smallest absolute Gasteiger partial charge is 0.193 e. The van der Waals surface area contributed by atoms with E-state index in [9.17, 15) is 19.8 Å². The van der Waals surface area contributed by atoms with Gasteiger partial charge in [0.05, 0.1) is 12.2 Å². The lowest BCUT2D eigenvalue weighted by molar-refractivity contribution is -0.225. The van der Waals surface area contributed by atoms with Crippen molar-refractivity contribution in [1.82, 2.24) is 0 Å². The van der Waals surface area contributed by atoms with Gasteiger partial charge in [-0.3, -0.25) is 9.59 Å². The maximum Gasteiger partial charge on any atom is 0.193 e. The molecule has 1 aliphatic heterocycles. The van der Waals surface area contributed by atoms with Gasteiger partial charge in [-0.15, -0.1) is 0 Å². The van der Waals surface area contributed by atoms with Crippen molar-refractivity contribution in [2.75, 3.05) is 6.61 Å². The third-order valence-electron chi connectivity index (χ3n) is 9.05. The molecule has 8 atom stereocenters. The number of allylic oxidation sites excluding steroid dienone is 4. The monoisotopic (exact) mass is 419 g/mol. The van der Waals surface area contributed by atoms with Crippen LogP contribution in [-0.4, -0.2) is 52.0 Å². The van der Waals surface area contributed by atoms with E-state index in [1.165, 1.54) is 0 Å². The number of Topliss-reactive ketones (excluding diaryl/α,β-unsaturated/α-hetero) is 1. The molecule has 4 aliphatic carbocycles. The minimum Gasteiger partial charge on any atom is -0.393 e. The largest absolute Gasteiger partial charge is 0.393 e. The number of carbonyl (C=O) groups is 2. The van der Waals surface area contributed by atoms with Crippen LogP contribution in [0.2, 0.25) is 0 Å². The maximum absolute atomic E-state index is 13.2. The van der Waals surface area contributed by atoms with Gasteiger partial charge < -0.3 is 19.7 Å². The zero-order valence-electron chi connectivity index (χ0n) is 18.2. The second kappa shape index (κ2) is 6.12. The standard InChI is InChI=1S/C24H32O6/c1-21(2)29-19-10-16-15-6-5-13-9-14(26)7-8-22(13,3)20(15)17(27)11-23(16,4)24(19,30-21)18(28)12-25/h7-9,15-17,19-20,25,27H,5-6,10-12H2,1-4H3/t15-,16?,17-,19+,20?,22-,23-,24+/m0/s1/i1+1,2+1,21+1. The number of fused-ring (bicyclic) bond motifs is 7. The van der Waals surface area contributed by atoms with Crippen LogP contribution < -0.4 is 0 Å². The van der Waals surface area contributed by atoms with E-state index in [-0.39, 0.29) is 34.7 Å². The van der Waals surface area contributed by atoms with E-state index in [1.807, 2.05) is 13.0 Å². The summed E-state index contributed by atoms with van der Waals surface area (Å²) in [6.45, 7) is 7.19. The number of carbonyl (C=O) groups excluding carboxylic acids is 2. The van der Waals surface area contributed by atoms with Crippen molar-refractivity contribution in [2.24, 2.45) is 28.6 Å². The fourth-order valence-electron chi connectivity index (χ4n) is 8.04. The molecule has 0 aromatic rings. The highest BCUT2D eigenvalue weighted by molar-refractivity contribution is 6.01. The van der Waals surface area contributed by atoms with Crippen molar-refractivity contribution in [3.05, 3.63) is 23.8 Å². The number of aliphatic hydroxyl groups excluding tert-OH is 2. The molecule has 3 saturated carbocycles. The highest BCUT2D eigenvalue weighted by atomic mass is 16.9. The molecule has 4 fully saturated rings. The fourth-order valence-corrected chi connectivity index (χ4v) is 8.04. The second-order valence-electron chi connectivity index (χ2n) is 10.9. The predicted molar refractivity (Wildman–Crippen MR) is 108 cm³/mol. The predicted octanol–water partition coefficient (Wildman–Crippen LogP) is 2.33. The Morgan fingerprint density at radius 2 is 2.00 bits per heavy atom. The highest BCUT2D eigenvalue weighted by Crippen LogP contribution is 2.70. The molecular weight excluding hydrogens is 387 g/mol. The molecule has 0 aromatic heterocycles. The van der Waals surface area contributed by atoms with Crippen LogP contribution in [0, 0.1) is 28.6 Å². The lowest BCUT2D eigenvalue weighted by Gasteiger charge is -2.59. The van der Waals surface area contributed by atoms with Gasteiger partial charge >= 0.3 is 0 Å². The Balaban J connectivity index is 1.59. The molecule has 0 radical (unpaired) electrons. The van der Waals surface area contributed by atoms with Gasteiger partial charge in [0.2, 0.25) is 0 Å². The van der Waals surface area contributed by atoms with Gasteiger partial charge in [0.1, 0.15) is 6.61 Å². The molecule has 0 spiro atoms. The van der Waals surface area contributed by atoms with Crippen molar-refractivity contribution in [3.63, 3.8) is 0 Å². The number of rotatable bonds is 2. The lowest BCUT2D eigenvalue weighted by Crippen LogP contribution is -2.63. The summed E-state index contributed by atoms with van der Waals surface area (Å²) in [7, 11) is 0. The van der Waals surface area contributed by atoms with E-state index in [2.05, 4.69) is 6.92 Å². The van der Waals surface area contributed by atoms with Crippen molar-refractivity contribution in [3.8, 4) is 0 Å². The molecule has 5 aliphatic rings. The Labute approximate surface area is 177 Å². The molecule has 6 heteroatoms. The Kier molecular flexibility index (Phi) is 4.20. The summed E-state index contributed by atoms with van der Waals surface area (Å²) in [6, 6.07) is 0. The average Bonchev–Trinajstić information content (AvgIpc) is 3.07. The fraction of sp³-hybridized carbons (Fsp3) is 0.750. The van der Waals surface area contributed by atoms with E-state index in [0.29, 0.717) is 12.8 Å². The van der Waals surface area contributed by atoms with Gasteiger partial charge in [-0.25, -0.2) is 0 Å². The van der Waals surface area contributed by atoms with Gasteiger partial charge in [-0.05, 0) is 63.5 Å². The minimum atomic E-state index is -1.24. The quantitative estimate of drug-likeness (QED) is 0.668. The first kappa shape index (κ1) is 20.6. The molecule has 2 unspecified atom stereocenters. The number of hydrogen-bond donors (Lipinski definition) is 2. The van der Waals surface area contributed by atoms with Crippen molar-refractivity contribution < 1.29 is 29.3 Å². The summed E-state index contributed by atoms with van der Waals surface area (Å²) in [5, 5.41) is 21.3. The van der Waals surface area contributed by atoms with Crippen LogP contribution in [-0.2, 0) is 19.1 Å². The van der Waals surface area contributed by atoms with Gasteiger partial charge in [0.15, 0.2) is 23.0 Å². The highest BCUT2D eigenvalue weighted by Gasteiger charge is 2.76. The third kappa shape index (κ3) is 2.34. The second-order valence-corrected chi connectivity index (χ2v) is 10.9. The van der Waals surface area contributed by atoms with Gasteiger partial charge in [0, 0.05) is 16.7 Å². The molecule has 0 amide bonds. The molecule has 1 heterocycles.